The number of nitrogens with two attached hydrogens (primary N) is 1. The summed E-state index contributed by atoms with van der Waals surface area (Å²) >= 11 is 0. The largest absolute Gasteiger partial charge is 0.507 e. The van der Waals surface area contributed by atoms with Crippen molar-refractivity contribution in [3.8, 4) is 11.5 Å². The fourth-order valence-electron chi connectivity index (χ4n) is 4.41. The standard InChI is InChI=1S/C28H31F3N4O7/c29-28(30,31)21-15-19(4-6-23(21)42-20-9-12-34(13-10-20)16-26(40)41)35(24(37)7-8-25(38)39)11-1-2-17-14-18(27(32)33)3-5-22(17)36/h1-6,14-15,20,36H,7-13,16H2,(H3,32,33)(H,38,39)(H,40,41)/b2-1+. The molecular weight excluding hydrogens is 561 g/mol. The van der Waals surface area contributed by atoms with Gasteiger partial charge in [0.05, 0.1) is 18.5 Å². The Morgan fingerprint density at radius 3 is 2.36 bits per heavy atom. The Morgan fingerprint density at radius 1 is 1.07 bits per heavy atom. The predicted octanol–water partition coefficient (Wildman–Crippen LogP) is 3.53. The van der Waals surface area contributed by atoms with E-state index in [9.17, 15) is 32.7 Å². The molecule has 3 rings (SSSR count). The zero-order valence-electron chi connectivity index (χ0n) is 22.4. The number of carboxylic acid groups (broad SMARTS) is 2. The fraction of sp³-hybridized carbons (Fsp3) is 0.357. The number of nitrogen functional groups attached to an aromatic ring is 1. The number of carboxylic acids is 2. The molecule has 0 unspecified atom stereocenters. The predicted molar refractivity (Wildman–Crippen MR) is 147 cm³/mol. The minimum absolute atomic E-state index is 0.146. The second kappa shape index (κ2) is 13.9. The van der Waals surface area contributed by atoms with Crippen LogP contribution in [-0.2, 0) is 20.6 Å². The number of carbonyl (C=O) groups is 3. The van der Waals surface area contributed by atoms with Crippen molar-refractivity contribution in [3.63, 3.8) is 0 Å². The van der Waals surface area contributed by atoms with Crippen LogP contribution >= 0.6 is 0 Å². The summed E-state index contributed by atoms with van der Waals surface area (Å²) in [6.07, 6.45) is -2.96. The van der Waals surface area contributed by atoms with Gasteiger partial charge in [0.2, 0.25) is 5.91 Å². The Morgan fingerprint density at radius 2 is 1.76 bits per heavy atom. The molecule has 1 amide bonds. The molecule has 0 radical (unpaired) electrons. The van der Waals surface area contributed by atoms with Gasteiger partial charge in [-0.15, -0.1) is 0 Å². The zero-order valence-corrected chi connectivity index (χ0v) is 22.4. The number of carbonyl (C=O) groups excluding carboxylic acids is 1. The van der Waals surface area contributed by atoms with Gasteiger partial charge < -0.3 is 30.7 Å². The molecule has 1 fully saturated rings. The minimum Gasteiger partial charge on any atom is -0.507 e. The van der Waals surface area contributed by atoms with Crippen molar-refractivity contribution in [2.45, 2.75) is 38.0 Å². The van der Waals surface area contributed by atoms with E-state index in [1.54, 1.807) is 4.90 Å². The molecule has 0 bridgehead atoms. The number of nitrogens with one attached hydrogen (secondary N) is 1. The van der Waals surface area contributed by atoms with Gasteiger partial charge in [-0.2, -0.15) is 13.2 Å². The van der Waals surface area contributed by atoms with Crippen LogP contribution in [0.25, 0.3) is 6.08 Å². The molecular formula is C28H31F3N4O7. The summed E-state index contributed by atoms with van der Waals surface area (Å²) in [4.78, 5) is 37.6. The van der Waals surface area contributed by atoms with E-state index in [4.69, 9.17) is 26.1 Å². The van der Waals surface area contributed by atoms with Crippen LogP contribution in [0.3, 0.4) is 0 Å². The summed E-state index contributed by atoms with van der Waals surface area (Å²) in [6.45, 7) is 0.262. The van der Waals surface area contributed by atoms with Gasteiger partial charge in [-0.1, -0.05) is 12.2 Å². The van der Waals surface area contributed by atoms with Crippen molar-refractivity contribution in [3.05, 3.63) is 59.2 Å². The van der Waals surface area contributed by atoms with Crippen molar-refractivity contribution < 1.29 is 47.6 Å². The number of halogens is 3. The van der Waals surface area contributed by atoms with E-state index < -0.39 is 54.3 Å². The van der Waals surface area contributed by atoms with Crippen LogP contribution in [0, 0.1) is 5.41 Å². The van der Waals surface area contributed by atoms with Crippen molar-refractivity contribution >= 4 is 35.4 Å². The summed E-state index contributed by atoms with van der Waals surface area (Å²) < 4.78 is 48.0. The van der Waals surface area contributed by atoms with Crippen LogP contribution in [0.4, 0.5) is 18.9 Å². The number of anilines is 1. The Kier molecular flexibility index (Phi) is 10.5. The SMILES string of the molecule is N=C(N)c1ccc(O)c(/C=C/CN(C(=O)CCC(=O)O)c2ccc(OC3CCN(CC(=O)O)CC3)c(C(F)(F)F)c2)c1. The lowest BCUT2D eigenvalue weighted by Gasteiger charge is -2.32. The average molecular weight is 593 g/mol. The van der Waals surface area contributed by atoms with Gasteiger partial charge in [0, 0.05) is 42.9 Å². The molecule has 226 valence electrons. The van der Waals surface area contributed by atoms with Gasteiger partial charge in [-0.05, 0) is 49.2 Å². The molecule has 1 saturated heterocycles. The number of aromatic hydroxyl groups is 1. The van der Waals surface area contributed by atoms with Crippen LogP contribution < -0.4 is 15.4 Å². The molecule has 2 aromatic carbocycles. The van der Waals surface area contributed by atoms with E-state index >= 15 is 0 Å². The number of aliphatic carboxylic acids is 2. The number of alkyl halides is 3. The average Bonchev–Trinajstić information content (AvgIpc) is 2.91. The summed E-state index contributed by atoms with van der Waals surface area (Å²) in [7, 11) is 0. The highest BCUT2D eigenvalue weighted by molar-refractivity contribution is 5.96. The molecule has 14 heteroatoms. The molecule has 2 aromatic rings. The highest BCUT2D eigenvalue weighted by atomic mass is 19.4. The summed E-state index contributed by atoms with van der Waals surface area (Å²) in [6, 6.07) is 7.30. The third-order valence-electron chi connectivity index (χ3n) is 6.55. The Hall–Kier alpha value is -4.59. The van der Waals surface area contributed by atoms with Crippen LogP contribution in [0.5, 0.6) is 11.5 Å². The second-order valence-corrected chi connectivity index (χ2v) is 9.65. The van der Waals surface area contributed by atoms with Gasteiger partial charge in [0.15, 0.2) is 0 Å². The Balaban J connectivity index is 1.87. The smallest absolute Gasteiger partial charge is 0.420 e. The highest BCUT2D eigenvalue weighted by Gasteiger charge is 2.36. The molecule has 0 saturated carbocycles. The molecule has 0 atom stereocenters. The fourth-order valence-corrected chi connectivity index (χ4v) is 4.41. The van der Waals surface area contributed by atoms with Crippen LogP contribution in [0.2, 0.25) is 0 Å². The first-order valence-electron chi connectivity index (χ1n) is 12.9. The van der Waals surface area contributed by atoms with Crippen molar-refractivity contribution in [2.75, 3.05) is 31.1 Å². The Labute approximate surface area is 239 Å². The number of benzene rings is 2. The van der Waals surface area contributed by atoms with Gasteiger partial charge in [-0.3, -0.25) is 24.7 Å². The quantitative estimate of drug-likeness (QED) is 0.182. The molecule has 0 aromatic heterocycles. The maximum Gasteiger partial charge on any atom is 0.420 e. The van der Waals surface area contributed by atoms with Crippen molar-refractivity contribution in [1.29, 1.82) is 5.41 Å². The molecule has 1 aliphatic rings. The number of piperidine rings is 1. The maximum absolute atomic E-state index is 14.1. The number of ether oxygens (including phenoxy) is 1. The lowest BCUT2D eigenvalue weighted by molar-refractivity contribution is -0.141. The van der Waals surface area contributed by atoms with E-state index in [1.807, 2.05) is 0 Å². The number of nitrogens with zero attached hydrogens (tertiary/aromatic N) is 2. The van der Waals surface area contributed by atoms with Crippen LogP contribution in [0.1, 0.15) is 42.4 Å². The highest BCUT2D eigenvalue weighted by Crippen LogP contribution is 2.40. The molecule has 0 spiro atoms. The monoisotopic (exact) mass is 592 g/mol. The third-order valence-corrected chi connectivity index (χ3v) is 6.55. The third kappa shape index (κ3) is 8.96. The number of likely N-dealkylation sites (tertiary alicyclic amines) is 1. The number of phenolic OH excluding ortho intramolecular Hbond substituents is 1. The normalized spacial score (nSPS) is 14.5. The van der Waals surface area contributed by atoms with Crippen molar-refractivity contribution in [1.82, 2.24) is 4.90 Å². The van der Waals surface area contributed by atoms with E-state index in [0.717, 1.165) is 17.0 Å². The number of hydrogen-bond donors (Lipinski definition) is 5. The Bertz CT molecular complexity index is 1360. The van der Waals surface area contributed by atoms with E-state index in [1.165, 1.54) is 36.4 Å². The number of amidine groups is 1. The first-order valence-corrected chi connectivity index (χ1v) is 12.9. The number of amides is 1. The topological polar surface area (TPSA) is 177 Å². The molecule has 6 N–H and O–H groups in total. The first kappa shape index (κ1) is 31.9. The van der Waals surface area contributed by atoms with E-state index in [-0.39, 0.29) is 35.9 Å². The number of rotatable bonds is 12. The lowest BCUT2D eigenvalue weighted by Crippen LogP contribution is -2.40. The molecule has 0 aliphatic carbocycles. The molecule has 11 nitrogen and oxygen atoms in total. The van der Waals surface area contributed by atoms with Gasteiger partial charge >= 0.3 is 18.1 Å². The summed E-state index contributed by atoms with van der Waals surface area (Å²) in [5, 5.41) is 35.6. The van der Waals surface area contributed by atoms with Gasteiger partial charge in [0.25, 0.3) is 0 Å². The summed E-state index contributed by atoms with van der Waals surface area (Å²) in [5.74, 6) is -3.83. The van der Waals surface area contributed by atoms with Crippen LogP contribution in [0.15, 0.2) is 42.5 Å². The second-order valence-electron chi connectivity index (χ2n) is 9.65. The molecule has 42 heavy (non-hydrogen) atoms. The molecule has 1 heterocycles. The zero-order chi connectivity index (χ0) is 31.0. The van der Waals surface area contributed by atoms with Gasteiger partial charge in [-0.25, -0.2) is 0 Å². The summed E-state index contributed by atoms with van der Waals surface area (Å²) in [5.41, 5.74) is 4.77. The number of phenols is 1. The van der Waals surface area contributed by atoms with E-state index in [2.05, 4.69) is 0 Å². The first-order chi connectivity index (χ1) is 19.7. The molecule has 1 aliphatic heterocycles. The van der Waals surface area contributed by atoms with Crippen molar-refractivity contribution in [2.24, 2.45) is 5.73 Å². The number of hydrogen-bond acceptors (Lipinski definition) is 7. The van der Waals surface area contributed by atoms with E-state index in [0.29, 0.717) is 31.5 Å². The van der Waals surface area contributed by atoms with Crippen LogP contribution in [-0.4, -0.2) is 76.2 Å². The van der Waals surface area contributed by atoms with Gasteiger partial charge in [0.1, 0.15) is 23.4 Å². The minimum atomic E-state index is -4.85. The maximum atomic E-state index is 14.1. The lowest BCUT2D eigenvalue weighted by atomic mass is 10.1.